The summed E-state index contributed by atoms with van der Waals surface area (Å²) in [5, 5.41) is 18.2. The minimum Gasteiger partial charge on any atom is -0.493 e. The van der Waals surface area contributed by atoms with Crippen LogP contribution in [0.1, 0.15) is 12.0 Å². The zero-order valence-electron chi connectivity index (χ0n) is 23.0. The lowest BCUT2D eigenvalue weighted by atomic mass is 9.98. The maximum absolute atomic E-state index is 12.8. The first kappa shape index (κ1) is 29.1. The number of carbonyl (C=O) groups is 1. The van der Waals surface area contributed by atoms with Crippen molar-refractivity contribution in [1.82, 2.24) is 9.97 Å². The van der Waals surface area contributed by atoms with Crippen LogP contribution in [0.3, 0.4) is 0 Å². The Morgan fingerprint density at radius 3 is 2.33 bits per heavy atom. The molecule has 3 heterocycles. The molecule has 11 heteroatoms. The van der Waals surface area contributed by atoms with Crippen LogP contribution in [0, 0.1) is 11.3 Å². The molecule has 0 radical (unpaired) electrons. The van der Waals surface area contributed by atoms with Gasteiger partial charge in [0.2, 0.25) is 11.7 Å². The van der Waals surface area contributed by atoms with Crippen molar-refractivity contribution in [2.45, 2.75) is 11.4 Å². The molecule has 0 unspecified atom stereocenters. The molecule has 42 heavy (non-hydrogen) atoms. The molecule has 2 aromatic carbocycles. The van der Waals surface area contributed by atoms with E-state index in [0.29, 0.717) is 55.5 Å². The Bertz CT molecular complexity index is 1710. The number of anilines is 1. The molecule has 1 N–H and O–H groups in total. The van der Waals surface area contributed by atoms with Gasteiger partial charge in [-0.15, -0.1) is 34.4 Å². The number of hydrogen-bond acceptors (Lipinski definition) is 10. The second-order valence-corrected chi connectivity index (χ2v) is 11.7. The molecule has 5 rings (SSSR count). The monoisotopic (exact) mass is 614 g/mol. The second kappa shape index (κ2) is 13.5. The Hall–Kier alpha value is -4.37. The predicted molar refractivity (Wildman–Crippen MR) is 169 cm³/mol. The fraction of sp³-hybridized carbons (Fsp3) is 0.161. The van der Waals surface area contributed by atoms with Crippen molar-refractivity contribution < 1.29 is 19.0 Å². The van der Waals surface area contributed by atoms with E-state index >= 15 is 0 Å². The molecule has 0 spiro atoms. The van der Waals surface area contributed by atoms with E-state index in [1.54, 1.807) is 32.7 Å². The second-order valence-electron chi connectivity index (χ2n) is 8.79. The van der Waals surface area contributed by atoms with Gasteiger partial charge in [0.1, 0.15) is 11.1 Å². The van der Waals surface area contributed by atoms with Crippen molar-refractivity contribution in [3.05, 3.63) is 77.0 Å². The molecule has 0 aliphatic carbocycles. The number of thioether (sulfide) groups is 1. The normalized spacial score (nSPS) is 10.6. The van der Waals surface area contributed by atoms with Gasteiger partial charge in [-0.25, -0.2) is 9.97 Å². The van der Waals surface area contributed by atoms with E-state index in [4.69, 9.17) is 19.2 Å². The van der Waals surface area contributed by atoms with Crippen molar-refractivity contribution in [1.29, 1.82) is 5.26 Å². The fourth-order valence-corrected chi connectivity index (χ4v) is 6.68. The molecule has 0 fully saturated rings. The standard InChI is InChI=1S/C31H26N4O4S3/c1-37-25-14-20(15-26(38-2)29(25)39-3)21-16-23(19-8-5-4-6-9-19)33-30(22(21)17-32)41-13-11-28(36)35-31-34-24(18-42-31)27-10-7-12-40-27/h4-10,12,14-16,18H,11,13H2,1-3H3,(H,34,35,36). The van der Waals surface area contributed by atoms with Crippen molar-refractivity contribution in [2.75, 3.05) is 32.4 Å². The number of rotatable bonds is 11. The van der Waals surface area contributed by atoms with Crippen LogP contribution in [-0.2, 0) is 4.79 Å². The molecule has 0 aliphatic rings. The number of nitrogens with zero attached hydrogens (tertiary/aromatic N) is 3. The van der Waals surface area contributed by atoms with E-state index in [-0.39, 0.29) is 12.3 Å². The molecule has 5 aromatic rings. The average Bonchev–Trinajstić information content (AvgIpc) is 3.73. The molecule has 1 amide bonds. The van der Waals surface area contributed by atoms with Gasteiger partial charge >= 0.3 is 0 Å². The average molecular weight is 615 g/mol. The Balaban J connectivity index is 1.42. The first-order valence-electron chi connectivity index (χ1n) is 12.8. The molecular weight excluding hydrogens is 589 g/mol. The highest BCUT2D eigenvalue weighted by Gasteiger charge is 2.20. The maximum Gasteiger partial charge on any atom is 0.226 e. The number of hydrogen-bond donors (Lipinski definition) is 1. The molecule has 0 saturated heterocycles. The summed E-state index contributed by atoms with van der Waals surface area (Å²) >= 11 is 4.36. The molecule has 0 saturated carbocycles. The van der Waals surface area contributed by atoms with Gasteiger partial charge in [-0.05, 0) is 35.2 Å². The zero-order chi connectivity index (χ0) is 29.5. The summed E-state index contributed by atoms with van der Waals surface area (Å²) in [6, 6.07) is 21.6. The number of carbonyl (C=O) groups excluding carboxylic acids is 1. The number of methoxy groups -OCH3 is 3. The number of nitrogens with one attached hydrogen (secondary N) is 1. The molecule has 0 atom stereocenters. The molecule has 0 bridgehead atoms. The quantitative estimate of drug-likeness (QED) is 0.152. The third-order valence-electron chi connectivity index (χ3n) is 6.24. The molecule has 212 valence electrons. The van der Waals surface area contributed by atoms with E-state index in [0.717, 1.165) is 16.1 Å². The minimum absolute atomic E-state index is 0.155. The highest BCUT2D eigenvalue weighted by atomic mass is 32.2. The van der Waals surface area contributed by atoms with Crippen LogP contribution < -0.4 is 19.5 Å². The minimum atomic E-state index is -0.155. The first-order chi connectivity index (χ1) is 20.5. The smallest absolute Gasteiger partial charge is 0.226 e. The summed E-state index contributed by atoms with van der Waals surface area (Å²) in [7, 11) is 4.65. The number of benzene rings is 2. The van der Waals surface area contributed by atoms with Gasteiger partial charge < -0.3 is 19.5 Å². The van der Waals surface area contributed by atoms with Crippen LogP contribution in [0.25, 0.3) is 33.0 Å². The zero-order valence-corrected chi connectivity index (χ0v) is 25.5. The van der Waals surface area contributed by atoms with Crippen molar-refractivity contribution in [3.8, 4) is 56.3 Å². The number of ether oxygens (including phenoxy) is 3. The van der Waals surface area contributed by atoms with Crippen LogP contribution >= 0.6 is 34.4 Å². The fourth-order valence-electron chi connectivity index (χ4n) is 4.25. The Morgan fingerprint density at radius 1 is 0.929 bits per heavy atom. The van der Waals surface area contributed by atoms with Crippen molar-refractivity contribution in [2.24, 2.45) is 0 Å². The first-order valence-corrected chi connectivity index (χ1v) is 15.5. The van der Waals surface area contributed by atoms with Gasteiger partial charge in [0.25, 0.3) is 0 Å². The summed E-state index contributed by atoms with van der Waals surface area (Å²) in [6.45, 7) is 0. The Kier molecular flexibility index (Phi) is 9.38. The van der Waals surface area contributed by atoms with Crippen LogP contribution in [-0.4, -0.2) is 43.0 Å². The number of thiophene rings is 1. The summed E-state index contributed by atoms with van der Waals surface area (Å²) in [4.78, 5) is 23.2. The topological polar surface area (TPSA) is 106 Å². The van der Waals surface area contributed by atoms with Gasteiger partial charge in [-0.1, -0.05) is 36.4 Å². The molecular formula is C31H26N4O4S3. The van der Waals surface area contributed by atoms with Crippen molar-refractivity contribution in [3.63, 3.8) is 0 Å². The number of nitriles is 1. The van der Waals surface area contributed by atoms with Crippen LogP contribution in [0.2, 0.25) is 0 Å². The molecule has 8 nitrogen and oxygen atoms in total. The van der Waals surface area contributed by atoms with Gasteiger partial charge in [0, 0.05) is 28.7 Å². The van der Waals surface area contributed by atoms with Crippen LogP contribution in [0.4, 0.5) is 5.13 Å². The summed E-state index contributed by atoms with van der Waals surface area (Å²) in [5.74, 6) is 1.68. The van der Waals surface area contributed by atoms with E-state index in [2.05, 4.69) is 16.4 Å². The van der Waals surface area contributed by atoms with E-state index < -0.39 is 0 Å². The lowest BCUT2D eigenvalue weighted by molar-refractivity contribution is -0.115. The van der Waals surface area contributed by atoms with E-state index in [1.165, 1.54) is 23.1 Å². The van der Waals surface area contributed by atoms with Gasteiger partial charge in [0.15, 0.2) is 16.6 Å². The Morgan fingerprint density at radius 2 is 1.69 bits per heavy atom. The van der Waals surface area contributed by atoms with Gasteiger partial charge in [0.05, 0.1) is 43.2 Å². The maximum atomic E-state index is 12.8. The van der Waals surface area contributed by atoms with E-state index in [9.17, 15) is 10.1 Å². The lowest BCUT2D eigenvalue weighted by Crippen LogP contribution is -2.12. The van der Waals surface area contributed by atoms with Gasteiger partial charge in [-0.3, -0.25) is 4.79 Å². The van der Waals surface area contributed by atoms with E-state index in [1.807, 2.05) is 71.4 Å². The third-order valence-corrected chi connectivity index (χ3v) is 8.86. The molecule has 3 aromatic heterocycles. The Labute approximate surface area is 256 Å². The predicted octanol–water partition coefficient (Wildman–Crippen LogP) is 7.62. The van der Waals surface area contributed by atoms with Crippen LogP contribution in [0.15, 0.2) is 76.4 Å². The number of amides is 1. The number of aromatic nitrogens is 2. The highest BCUT2D eigenvalue weighted by Crippen LogP contribution is 2.43. The third kappa shape index (κ3) is 6.41. The number of thiazole rings is 1. The van der Waals surface area contributed by atoms with Crippen molar-refractivity contribution >= 4 is 45.5 Å². The molecule has 0 aliphatic heterocycles. The lowest BCUT2D eigenvalue weighted by Gasteiger charge is -2.16. The van der Waals surface area contributed by atoms with Crippen LogP contribution in [0.5, 0.6) is 17.2 Å². The summed E-state index contributed by atoms with van der Waals surface area (Å²) in [6.07, 6.45) is 0.222. The largest absolute Gasteiger partial charge is 0.493 e. The van der Waals surface area contributed by atoms with Gasteiger partial charge in [-0.2, -0.15) is 5.26 Å². The summed E-state index contributed by atoms with van der Waals surface area (Å²) in [5.41, 5.74) is 4.23. The highest BCUT2D eigenvalue weighted by molar-refractivity contribution is 7.99. The SMILES string of the molecule is COc1cc(-c2cc(-c3ccccc3)nc(SCCC(=O)Nc3nc(-c4cccs4)cs3)c2C#N)cc(OC)c1OC. The number of pyridine rings is 1. The summed E-state index contributed by atoms with van der Waals surface area (Å²) < 4.78 is 16.6.